The monoisotopic (exact) mass is 335 g/mol. The molecule has 0 unspecified atom stereocenters. The predicted octanol–water partition coefficient (Wildman–Crippen LogP) is 2.74. The Labute approximate surface area is 142 Å². The Morgan fingerprint density at radius 3 is 2.46 bits per heavy atom. The normalized spacial score (nSPS) is 15.1. The number of phenols is 2. The van der Waals surface area contributed by atoms with Gasteiger partial charge in [-0.25, -0.2) is 4.79 Å². The minimum absolute atomic E-state index is 0.147. The summed E-state index contributed by atoms with van der Waals surface area (Å²) in [6, 6.07) is 3.09. The Bertz CT molecular complexity index is 608. The Morgan fingerprint density at radius 1 is 1.17 bits per heavy atom. The van der Waals surface area contributed by atoms with Crippen LogP contribution >= 0.6 is 0 Å². The van der Waals surface area contributed by atoms with Gasteiger partial charge < -0.3 is 19.8 Å². The van der Waals surface area contributed by atoms with Crippen LogP contribution in [-0.4, -0.2) is 46.2 Å². The summed E-state index contributed by atoms with van der Waals surface area (Å²) < 4.78 is 5.04. The van der Waals surface area contributed by atoms with E-state index in [1.165, 1.54) is 18.6 Å². The molecule has 0 spiro atoms. The lowest BCUT2D eigenvalue weighted by Gasteiger charge is -2.33. The van der Waals surface area contributed by atoms with E-state index in [1.54, 1.807) is 11.8 Å². The molecule has 1 aromatic rings. The highest BCUT2D eigenvalue weighted by atomic mass is 16.5. The third kappa shape index (κ3) is 3.99. The standard InChI is InChI=1S/C18H25NO5/c1-3-19(13-7-5-4-6-8-13)15(20)11-24-18(23)14-10-9-12(2)16(21)17(14)22/h9-10,13,21-22H,3-8,11H2,1-2H3. The smallest absolute Gasteiger partial charge is 0.342 e. The van der Waals surface area contributed by atoms with E-state index in [0.29, 0.717) is 12.1 Å². The Morgan fingerprint density at radius 2 is 1.83 bits per heavy atom. The van der Waals surface area contributed by atoms with Gasteiger partial charge in [0.15, 0.2) is 18.1 Å². The fourth-order valence-electron chi connectivity index (χ4n) is 3.16. The van der Waals surface area contributed by atoms with E-state index >= 15 is 0 Å². The average molecular weight is 335 g/mol. The number of benzene rings is 1. The molecule has 6 heteroatoms. The second-order valence-electron chi connectivity index (χ2n) is 6.17. The van der Waals surface area contributed by atoms with Crippen molar-refractivity contribution in [3.63, 3.8) is 0 Å². The van der Waals surface area contributed by atoms with Gasteiger partial charge in [-0.2, -0.15) is 0 Å². The second kappa shape index (κ2) is 8.04. The molecule has 1 fully saturated rings. The fraction of sp³-hybridized carbons (Fsp3) is 0.556. The molecule has 0 aromatic heterocycles. The number of amides is 1. The molecule has 0 radical (unpaired) electrons. The highest BCUT2D eigenvalue weighted by Crippen LogP contribution is 2.32. The first kappa shape index (κ1) is 18.1. The van der Waals surface area contributed by atoms with Crippen molar-refractivity contribution in [2.24, 2.45) is 0 Å². The first-order valence-electron chi connectivity index (χ1n) is 8.43. The van der Waals surface area contributed by atoms with Crippen molar-refractivity contribution < 1.29 is 24.5 Å². The largest absolute Gasteiger partial charge is 0.504 e. The Balaban J connectivity index is 1.97. The molecule has 0 aliphatic heterocycles. The maximum atomic E-state index is 12.4. The molecule has 0 heterocycles. The SMILES string of the molecule is CCN(C(=O)COC(=O)c1ccc(C)c(O)c1O)C1CCCCC1. The molecular formula is C18H25NO5. The van der Waals surface area contributed by atoms with Crippen molar-refractivity contribution in [1.29, 1.82) is 0 Å². The zero-order valence-corrected chi connectivity index (χ0v) is 14.2. The number of aromatic hydroxyl groups is 2. The maximum absolute atomic E-state index is 12.4. The van der Waals surface area contributed by atoms with E-state index in [9.17, 15) is 19.8 Å². The number of carbonyl (C=O) groups is 2. The van der Waals surface area contributed by atoms with Crippen LogP contribution in [0.25, 0.3) is 0 Å². The van der Waals surface area contributed by atoms with Crippen molar-refractivity contribution in [1.82, 2.24) is 4.90 Å². The van der Waals surface area contributed by atoms with Crippen LogP contribution < -0.4 is 0 Å². The van der Waals surface area contributed by atoms with Crippen LogP contribution in [-0.2, 0) is 9.53 Å². The van der Waals surface area contributed by atoms with Gasteiger partial charge in [0.05, 0.1) is 0 Å². The first-order chi connectivity index (χ1) is 11.5. The molecule has 2 N–H and O–H groups in total. The number of rotatable bonds is 5. The summed E-state index contributed by atoms with van der Waals surface area (Å²) in [5.41, 5.74) is 0.307. The van der Waals surface area contributed by atoms with E-state index in [4.69, 9.17) is 4.74 Å². The summed E-state index contributed by atoms with van der Waals surface area (Å²) in [6.07, 6.45) is 5.41. The van der Waals surface area contributed by atoms with Crippen LogP contribution in [0.4, 0.5) is 0 Å². The van der Waals surface area contributed by atoms with E-state index in [2.05, 4.69) is 0 Å². The number of hydrogen-bond donors (Lipinski definition) is 2. The number of aryl methyl sites for hydroxylation is 1. The van der Waals surface area contributed by atoms with Crippen LogP contribution in [0.3, 0.4) is 0 Å². The van der Waals surface area contributed by atoms with Gasteiger partial charge in [-0.1, -0.05) is 25.3 Å². The van der Waals surface area contributed by atoms with Crippen LogP contribution in [0, 0.1) is 6.92 Å². The topological polar surface area (TPSA) is 87.1 Å². The lowest BCUT2D eigenvalue weighted by Crippen LogP contribution is -2.43. The molecule has 0 atom stereocenters. The summed E-state index contributed by atoms with van der Waals surface area (Å²) >= 11 is 0. The van der Waals surface area contributed by atoms with Gasteiger partial charge in [-0.05, 0) is 38.3 Å². The van der Waals surface area contributed by atoms with E-state index in [-0.39, 0.29) is 29.9 Å². The lowest BCUT2D eigenvalue weighted by atomic mass is 9.94. The number of hydrogen-bond acceptors (Lipinski definition) is 5. The summed E-state index contributed by atoms with van der Waals surface area (Å²) in [4.78, 5) is 26.2. The number of ether oxygens (including phenoxy) is 1. The number of phenolic OH excluding ortho intramolecular Hbond substituents is 2. The molecule has 0 saturated heterocycles. The first-order valence-corrected chi connectivity index (χ1v) is 8.43. The highest BCUT2D eigenvalue weighted by Gasteiger charge is 2.25. The third-order valence-corrected chi connectivity index (χ3v) is 4.58. The molecule has 1 saturated carbocycles. The van der Waals surface area contributed by atoms with Crippen LogP contribution in [0.2, 0.25) is 0 Å². The molecule has 1 amide bonds. The molecular weight excluding hydrogens is 310 g/mol. The van der Waals surface area contributed by atoms with Crippen molar-refractivity contribution in [3.05, 3.63) is 23.3 Å². The van der Waals surface area contributed by atoms with Gasteiger partial charge in [0.25, 0.3) is 5.91 Å². The van der Waals surface area contributed by atoms with Crippen LogP contribution in [0.15, 0.2) is 12.1 Å². The number of nitrogens with zero attached hydrogens (tertiary/aromatic N) is 1. The molecule has 6 nitrogen and oxygen atoms in total. The van der Waals surface area contributed by atoms with Crippen LogP contribution in [0.5, 0.6) is 11.5 Å². The molecule has 0 bridgehead atoms. The minimum atomic E-state index is -0.823. The molecule has 24 heavy (non-hydrogen) atoms. The van der Waals surface area contributed by atoms with E-state index in [0.717, 1.165) is 25.7 Å². The summed E-state index contributed by atoms with van der Waals surface area (Å²) in [7, 11) is 0. The molecule has 2 rings (SSSR count). The predicted molar refractivity (Wildman–Crippen MR) is 89.1 cm³/mol. The summed E-state index contributed by atoms with van der Waals surface area (Å²) in [5, 5.41) is 19.5. The fourth-order valence-corrected chi connectivity index (χ4v) is 3.16. The molecule has 132 valence electrons. The molecule has 1 aromatic carbocycles. The summed E-state index contributed by atoms with van der Waals surface area (Å²) in [6.45, 7) is 3.74. The van der Waals surface area contributed by atoms with Gasteiger partial charge >= 0.3 is 5.97 Å². The van der Waals surface area contributed by atoms with E-state index in [1.807, 2.05) is 6.92 Å². The number of likely N-dealkylation sites (N-methyl/N-ethyl adjacent to an activating group) is 1. The second-order valence-corrected chi connectivity index (χ2v) is 6.17. The van der Waals surface area contributed by atoms with Gasteiger partial charge in [0.1, 0.15) is 5.56 Å². The molecule has 1 aliphatic carbocycles. The number of esters is 1. The third-order valence-electron chi connectivity index (χ3n) is 4.58. The average Bonchev–Trinajstić information content (AvgIpc) is 2.59. The Hall–Kier alpha value is -2.24. The van der Waals surface area contributed by atoms with Crippen molar-refractivity contribution in [3.8, 4) is 11.5 Å². The van der Waals surface area contributed by atoms with Crippen LogP contribution in [0.1, 0.15) is 54.9 Å². The van der Waals surface area contributed by atoms with Crippen molar-refractivity contribution >= 4 is 11.9 Å². The van der Waals surface area contributed by atoms with E-state index < -0.39 is 11.7 Å². The van der Waals surface area contributed by atoms with Gasteiger partial charge in [0.2, 0.25) is 0 Å². The highest BCUT2D eigenvalue weighted by molar-refractivity contribution is 5.95. The zero-order chi connectivity index (χ0) is 17.7. The Kier molecular flexibility index (Phi) is 6.06. The zero-order valence-electron chi connectivity index (χ0n) is 14.2. The van der Waals surface area contributed by atoms with Crippen molar-refractivity contribution in [2.75, 3.05) is 13.2 Å². The quantitative estimate of drug-likeness (QED) is 0.638. The lowest BCUT2D eigenvalue weighted by molar-refractivity contribution is -0.137. The van der Waals surface area contributed by atoms with Gasteiger partial charge in [0, 0.05) is 12.6 Å². The van der Waals surface area contributed by atoms with Gasteiger partial charge in [-0.3, -0.25) is 4.79 Å². The maximum Gasteiger partial charge on any atom is 0.342 e. The molecule has 1 aliphatic rings. The van der Waals surface area contributed by atoms with Crippen molar-refractivity contribution in [2.45, 2.75) is 52.0 Å². The minimum Gasteiger partial charge on any atom is -0.504 e. The van der Waals surface area contributed by atoms with Gasteiger partial charge in [-0.15, -0.1) is 0 Å². The summed E-state index contributed by atoms with van der Waals surface area (Å²) in [5.74, 6) is -1.93. The number of carbonyl (C=O) groups excluding carboxylic acids is 2.